The predicted octanol–water partition coefficient (Wildman–Crippen LogP) is -0.586. The molecule has 6 heteroatoms. The van der Waals surface area contributed by atoms with Gasteiger partial charge in [0.15, 0.2) is 0 Å². The van der Waals surface area contributed by atoms with Crippen molar-refractivity contribution >= 4 is 16.9 Å². The van der Waals surface area contributed by atoms with Crippen LogP contribution in [-0.4, -0.2) is 15.9 Å². The van der Waals surface area contributed by atoms with Crippen molar-refractivity contribution in [3.8, 4) is 0 Å². The molecule has 6 nitrogen and oxygen atoms in total. The quantitative estimate of drug-likeness (QED) is 0.526. The number of amides is 1. The largest absolute Gasteiger partial charge is 0.366 e. The van der Waals surface area contributed by atoms with Gasteiger partial charge in [-0.1, -0.05) is 6.07 Å². The fourth-order valence-electron chi connectivity index (χ4n) is 1.60. The number of nitrogens with one attached hydrogen (secondary N) is 2. The summed E-state index contributed by atoms with van der Waals surface area (Å²) in [4.78, 5) is 27.4. The molecule has 0 aliphatic rings. The van der Waals surface area contributed by atoms with E-state index in [-0.39, 0.29) is 17.8 Å². The fraction of sp³-hybridized carbons (Fsp3) is 0.111. The summed E-state index contributed by atoms with van der Waals surface area (Å²) >= 11 is 0. The lowest BCUT2D eigenvalue weighted by atomic mass is 10.1. The second-order valence-electron chi connectivity index (χ2n) is 3.17. The van der Waals surface area contributed by atoms with Crippen LogP contribution in [-0.2, 0) is 6.54 Å². The van der Waals surface area contributed by atoms with Crippen molar-refractivity contribution < 1.29 is 4.79 Å². The molecule has 0 aliphatic heterocycles. The second kappa shape index (κ2) is 3.25. The fourth-order valence-corrected chi connectivity index (χ4v) is 1.60. The standard InChI is InChI=1S/C9H10N4O2/c10-3-4-1-2-5-7(6(4)8(11)14)13-9(15)12-5/h1-2H,3,10H2,(H2,11,14)(H2,12,13,15). The van der Waals surface area contributed by atoms with E-state index in [4.69, 9.17) is 11.5 Å². The van der Waals surface area contributed by atoms with Gasteiger partial charge >= 0.3 is 5.69 Å². The third-order valence-corrected chi connectivity index (χ3v) is 2.24. The molecule has 1 aromatic carbocycles. The van der Waals surface area contributed by atoms with Crippen molar-refractivity contribution in [3.05, 3.63) is 33.7 Å². The number of primary amides is 1. The van der Waals surface area contributed by atoms with Gasteiger partial charge in [0.1, 0.15) is 0 Å². The molecule has 0 radical (unpaired) electrons. The topological polar surface area (TPSA) is 118 Å². The normalized spacial score (nSPS) is 10.7. The zero-order chi connectivity index (χ0) is 11.0. The van der Waals surface area contributed by atoms with Gasteiger partial charge in [0.05, 0.1) is 16.6 Å². The second-order valence-corrected chi connectivity index (χ2v) is 3.17. The molecule has 0 unspecified atom stereocenters. The van der Waals surface area contributed by atoms with Crippen LogP contribution in [0.15, 0.2) is 16.9 Å². The maximum atomic E-state index is 11.2. The first-order valence-electron chi connectivity index (χ1n) is 4.37. The zero-order valence-corrected chi connectivity index (χ0v) is 7.83. The van der Waals surface area contributed by atoms with Crippen molar-refractivity contribution in [1.29, 1.82) is 0 Å². The number of hydrogen-bond donors (Lipinski definition) is 4. The van der Waals surface area contributed by atoms with E-state index in [2.05, 4.69) is 9.97 Å². The number of imidazole rings is 1. The molecule has 0 atom stereocenters. The van der Waals surface area contributed by atoms with Crippen molar-refractivity contribution in [2.75, 3.05) is 0 Å². The van der Waals surface area contributed by atoms with E-state index in [1.807, 2.05) is 0 Å². The minimum atomic E-state index is -0.601. The van der Waals surface area contributed by atoms with E-state index in [1.165, 1.54) is 0 Å². The molecule has 0 aliphatic carbocycles. The molecule has 2 aromatic rings. The highest BCUT2D eigenvalue weighted by Crippen LogP contribution is 2.17. The van der Waals surface area contributed by atoms with Crippen LogP contribution in [0, 0.1) is 0 Å². The molecule has 1 amide bonds. The van der Waals surface area contributed by atoms with Crippen LogP contribution in [0.2, 0.25) is 0 Å². The first kappa shape index (κ1) is 9.47. The Morgan fingerprint density at radius 3 is 2.67 bits per heavy atom. The highest BCUT2D eigenvalue weighted by atomic mass is 16.1. The van der Waals surface area contributed by atoms with Crippen LogP contribution in [0.3, 0.4) is 0 Å². The van der Waals surface area contributed by atoms with Crippen LogP contribution in [0.1, 0.15) is 15.9 Å². The van der Waals surface area contributed by atoms with E-state index in [0.717, 1.165) is 0 Å². The molecule has 0 fully saturated rings. The number of H-pyrrole nitrogens is 2. The lowest BCUT2D eigenvalue weighted by molar-refractivity contribution is 0.100. The summed E-state index contributed by atoms with van der Waals surface area (Å²) in [6, 6.07) is 3.36. The van der Waals surface area contributed by atoms with Gasteiger partial charge in [0.2, 0.25) is 0 Å². The van der Waals surface area contributed by atoms with Gasteiger partial charge in [-0.15, -0.1) is 0 Å². The minimum absolute atomic E-state index is 0.196. The number of carbonyl (C=O) groups is 1. The summed E-state index contributed by atoms with van der Waals surface area (Å²) in [7, 11) is 0. The third-order valence-electron chi connectivity index (χ3n) is 2.24. The van der Waals surface area contributed by atoms with Crippen molar-refractivity contribution in [1.82, 2.24) is 9.97 Å². The van der Waals surface area contributed by atoms with Crippen LogP contribution >= 0.6 is 0 Å². The maximum Gasteiger partial charge on any atom is 0.323 e. The summed E-state index contributed by atoms with van der Waals surface area (Å²) in [6.07, 6.45) is 0. The summed E-state index contributed by atoms with van der Waals surface area (Å²) in [5.74, 6) is -0.601. The maximum absolute atomic E-state index is 11.2. The number of fused-ring (bicyclic) bond motifs is 1. The number of aromatic nitrogens is 2. The lowest BCUT2D eigenvalue weighted by Gasteiger charge is -2.04. The zero-order valence-electron chi connectivity index (χ0n) is 7.83. The Hall–Kier alpha value is -2.08. The number of rotatable bonds is 2. The summed E-state index contributed by atoms with van der Waals surface area (Å²) in [6.45, 7) is 0.196. The highest BCUT2D eigenvalue weighted by Gasteiger charge is 2.13. The molecular formula is C9H10N4O2. The summed E-state index contributed by atoms with van der Waals surface area (Å²) in [5.41, 5.74) is 12.2. The Balaban J connectivity index is 2.89. The van der Waals surface area contributed by atoms with Crippen LogP contribution in [0.4, 0.5) is 0 Å². The van der Waals surface area contributed by atoms with E-state index in [9.17, 15) is 9.59 Å². The van der Waals surface area contributed by atoms with E-state index in [1.54, 1.807) is 12.1 Å². The molecule has 0 saturated heterocycles. The molecule has 6 N–H and O–H groups in total. The Morgan fingerprint density at radius 1 is 1.33 bits per heavy atom. The minimum Gasteiger partial charge on any atom is -0.366 e. The van der Waals surface area contributed by atoms with E-state index >= 15 is 0 Å². The Kier molecular flexibility index (Phi) is 2.05. The molecule has 15 heavy (non-hydrogen) atoms. The molecule has 78 valence electrons. The van der Waals surface area contributed by atoms with Crippen molar-refractivity contribution in [2.45, 2.75) is 6.54 Å². The molecule has 2 rings (SSSR count). The van der Waals surface area contributed by atoms with Gasteiger partial charge in [-0.3, -0.25) is 4.79 Å². The van der Waals surface area contributed by atoms with E-state index in [0.29, 0.717) is 16.6 Å². The number of hydrogen-bond acceptors (Lipinski definition) is 3. The molecular weight excluding hydrogens is 196 g/mol. The first-order valence-corrected chi connectivity index (χ1v) is 4.37. The Bertz CT molecular complexity index is 581. The first-order chi connectivity index (χ1) is 7.13. The number of benzene rings is 1. The lowest BCUT2D eigenvalue weighted by Crippen LogP contribution is -2.16. The average molecular weight is 206 g/mol. The van der Waals surface area contributed by atoms with Crippen LogP contribution in [0.25, 0.3) is 11.0 Å². The van der Waals surface area contributed by atoms with E-state index < -0.39 is 5.91 Å². The molecule has 0 spiro atoms. The molecule has 0 bridgehead atoms. The van der Waals surface area contributed by atoms with Gasteiger partial charge in [0, 0.05) is 6.54 Å². The Labute approximate surface area is 84.3 Å². The summed E-state index contributed by atoms with van der Waals surface area (Å²) < 4.78 is 0. The van der Waals surface area contributed by atoms with Gasteiger partial charge < -0.3 is 21.4 Å². The van der Waals surface area contributed by atoms with Gasteiger partial charge in [-0.05, 0) is 11.6 Å². The predicted molar refractivity (Wildman–Crippen MR) is 55.3 cm³/mol. The third kappa shape index (κ3) is 1.40. The molecule has 1 aromatic heterocycles. The number of aromatic amines is 2. The van der Waals surface area contributed by atoms with Gasteiger partial charge in [-0.25, -0.2) is 4.79 Å². The number of carbonyl (C=O) groups excluding carboxylic acids is 1. The highest BCUT2D eigenvalue weighted by molar-refractivity contribution is 6.05. The SMILES string of the molecule is NCc1ccc2[nH]c(=O)[nH]c2c1C(N)=O. The van der Waals surface area contributed by atoms with Crippen molar-refractivity contribution in [2.24, 2.45) is 11.5 Å². The number of nitrogens with two attached hydrogens (primary N) is 2. The van der Waals surface area contributed by atoms with Crippen LogP contribution < -0.4 is 17.2 Å². The van der Waals surface area contributed by atoms with Gasteiger partial charge in [-0.2, -0.15) is 0 Å². The molecule has 0 saturated carbocycles. The van der Waals surface area contributed by atoms with Crippen LogP contribution in [0.5, 0.6) is 0 Å². The summed E-state index contributed by atoms with van der Waals surface area (Å²) in [5, 5.41) is 0. The van der Waals surface area contributed by atoms with Crippen molar-refractivity contribution in [3.63, 3.8) is 0 Å². The average Bonchev–Trinajstić information content (AvgIpc) is 2.55. The molecule has 1 heterocycles. The Morgan fingerprint density at radius 2 is 2.07 bits per heavy atom. The smallest absolute Gasteiger partial charge is 0.323 e. The monoisotopic (exact) mass is 206 g/mol. The van der Waals surface area contributed by atoms with Gasteiger partial charge in [0.25, 0.3) is 5.91 Å².